The topological polar surface area (TPSA) is 56.1 Å². The molecule has 0 aliphatic heterocycles. The van der Waals surface area contributed by atoms with Gasteiger partial charge in [-0.3, -0.25) is 4.79 Å². The van der Waals surface area contributed by atoms with Crippen LogP contribution in [0.2, 0.25) is 0 Å². The number of aromatic nitrogens is 1. The fourth-order valence-corrected chi connectivity index (χ4v) is 2.90. The zero-order valence-corrected chi connectivity index (χ0v) is 10.7. The molecular weight excluding hydrogens is 238 g/mol. The molecule has 0 atom stereocenters. The summed E-state index contributed by atoms with van der Waals surface area (Å²) in [6.45, 7) is 1.44. The maximum atomic E-state index is 11.7. The largest absolute Gasteiger partial charge is 0.350 e. The first-order valence-electron chi connectivity index (χ1n) is 5.11. The molecule has 1 aromatic carbocycles. The third-order valence-electron chi connectivity index (χ3n) is 2.76. The number of aryl methyl sites for hydroxylation is 1. The number of sulfone groups is 1. The minimum Gasteiger partial charge on any atom is -0.350 e. The fraction of sp³-hybridized carbons (Fsp3) is 0.250. The molecule has 4 nitrogen and oxygen atoms in total. The van der Waals surface area contributed by atoms with Crippen LogP contribution >= 0.6 is 0 Å². The lowest BCUT2D eigenvalue weighted by molar-refractivity contribution is 0.101. The van der Waals surface area contributed by atoms with Crippen LogP contribution in [0, 0.1) is 0 Å². The summed E-state index contributed by atoms with van der Waals surface area (Å²) in [6.07, 6.45) is 2.82. The molecule has 0 aliphatic rings. The maximum Gasteiger partial charge on any atom is 0.176 e. The van der Waals surface area contributed by atoms with E-state index in [2.05, 4.69) is 0 Å². The van der Waals surface area contributed by atoms with Gasteiger partial charge in [0.05, 0.1) is 4.90 Å². The van der Waals surface area contributed by atoms with Gasteiger partial charge in [0.25, 0.3) is 0 Å². The molecule has 5 heteroatoms. The van der Waals surface area contributed by atoms with Crippen LogP contribution in [0.15, 0.2) is 29.3 Å². The number of hydrogen-bond acceptors (Lipinski definition) is 3. The number of hydrogen-bond donors (Lipinski definition) is 0. The van der Waals surface area contributed by atoms with Gasteiger partial charge in [0.1, 0.15) is 0 Å². The van der Waals surface area contributed by atoms with E-state index in [1.54, 1.807) is 29.9 Å². The highest BCUT2D eigenvalue weighted by atomic mass is 32.2. The third kappa shape index (κ3) is 1.86. The van der Waals surface area contributed by atoms with E-state index < -0.39 is 9.84 Å². The third-order valence-corrected chi connectivity index (χ3v) is 3.89. The summed E-state index contributed by atoms with van der Waals surface area (Å²) in [5.41, 5.74) is 1.20. The number of ketones is 1. The second kappa shape index (κ2) is 3.70. The quantitative estimate of drug-likeness (QED) is 0.764. The molecule has 0 aliphatic carbocycles. The number of benzene rings is 1. The molecule has 2 rings (SSSR count). The standard InChI is InChI=1S/C12H13NO3S/c1-8(14)9-7-13(2)10-5-4-6-11(12(9)10)17(3,15)16/h4-7H,1-3H3. The van der Waals surface area contributed by atoms with Crippen molar-refractivity contribution in [1.82, 2.24) is 4.57 Å². The summed E-state index contributed by atoms with van der Waals surface area (Å²) < 4.78 is 25.2. The highest BCUT2D eigenvalue weighted by molar-refractivity contribution is 7.91. The van der Waals surface area contributed by atoms with E-state index in [4.69, 9.17) is 0 Å². The normalized spacial score (nSPS) is 11.9. The predicted molar refractivity (Wildman–Crippen MR) is 66.0 cm³/mol. The van der Waals surface area contributed by atoms with Gasteiger partial charge in [-0.15, -0.1) is 0 Å². The lowest BCUT2D eigenvalue weighted by Crippen LogP contribution is -2.00. The number of Topliss-reactive ketones (excluding diaryl/α,β-unsaturated/α-hetero) is 1. The Bertz CT molecular complexity index is 711. The summed E-state index contributed by atoms with van der Waals surface area (Å²) in [5, 5.41) is 0.519. The van der Waals surface area contributed by atoms with Crippen molar-refractivity contribution < 1.29 is 13.2 Å². The van der Waals surface area contributed by atoms with Gasteiger partial charge in [-0.05, 0) is 19.1 Å². The Balaban J connectivity index is 3.02. The van der Waals surface area contributed by atoms with Crippen LogP contribution in [0.3, 0.4) is 0 Å². The number of carbonyl (C=O) groups excluding carboxylic acids is 1. The van der Waals surface area contributed by atoms with Crippen molar-refractivity contribution >= 4 is 26.5 Å². The first kappa shape index (κ1) is 11.9. The van der Waals surface area contributed by atoms with Crippen molar-refractivity contribution in [2.75, 3.05) is 6.26 Å². The monoisotopic (exact) mass is 251 g/mol. The number of fused-ring (bicyclic) bond motifs is 1. The summed E-state index contributed by atoms with van der Waals surface area (Å²) in [6, 6.07) is 5.02. The van der Waals surface area contributed by atoms with E-state index >= 15 is 0 Å². The minimum absolute atomic E-state index is 0.133. The molecule has 1 aromatic heterocycles. The summed E-state index contributed by atoms with van der Waals surface area (Å²) in [4.78, 5) is 11.8. The Kier molecular flexibility index (Phi) is 2.58. The van der Waals surface area contributed by atoms with Gasteiger partial charge < -0.3 is 4.57 Å². The van der Waals surface area contributed by atoms with Gasteiger partial charge in [-0.2, -0.15) is 0 Å². The highest BCUT2D eigenvalue weighted by Gasteiger charge is 2.19. The Morgan fingerprint density at radius 3 is 2.47 bits per heavy atom. The number of carbonyl (C=O) groups is 1. The van der Waals surface area contributed by atoms with Gasteiger partial charge in [0.2, 0.25) is 0 Å². The first-order chi connectivity index (χ1) is 7.82. The molecule has 17 heavy (non-hydrogen) atoms. The Morgan fingerprint density at radius 1 is 1.29 bits per heavy atom. The molecule has 0 saturated heterocycles. The number of rotatable bonds is 2. The van der Waals surface area contributed by atoms with Crippen LogP contribution in [0.5, 0.6) is 0 Å². The molecule has 0 spiro atoms. The van der Waals surface area contributed by atoms with Crippen molar-refractivity contribution in [3.8, 4) is 0 Å². The lowest BCUT2D eigenvalue weighted by atomic mass is 10.1. The van der Waals surface area contributed by atoms with Crippen molar-refractivity contribution in [3.05, 3.63) is 30.0 Å². The van der Waals surface area contributed by atoms with Crippen molar-refractivity contribution in [3.63, 3.8) is 0 Å². The zero-order valence-electron chi connectivity index (χ0n) is 9.89. The Hall–Kier alpha value is -1.62. The molecule has 1 heterocycles. The Morgan fingerprint density at radius 2 is 1.94 bits per heavy atom. The summed E-state index contributed by atoms with van der Waals surface area (Å²) in [5.74, 6) is -0.133. The van der Waals surface area contributed by atoms with Crippen LogP contribution < -0.4 is 0 Å². The van der Waals surface area contributed by atoms with Crippen LogP contribution in [0.25, 0.3) is 10.9 Å². The molecule has 0 radical (unpaired) electrons. The second-order valence-corrected chi connectivity index (χ2v) is 6.12. The van der Waals surface area contributed by atoms with Crippen LogP contribution in [-0.4, -0.2) is 25.0 Å². The van der Waals surface area contributed by atoms with Crippen LogP contribution in [0.4, 0.5) is 0 Å². The van der Waals surface area contributed by atoms with Gasteiger partial charge in [0.15, 0.2) is 15.6 Å². The van der Waals surface area contributed by atoms with Crippen molar-refractivity contribution in [2.24, 2.45) is 7.05 Å². The average Bonchev–Trinajstić information content (AvgIpc) is 2.55. The average molecular weight is 251 g/mol. The maximum absolute atomic E-state index is 11.7. The van der Waals surface area contributed by atoms with Crippen LogP contribution in [-0.2, 0) is 16.9 Å². The van der Waals surface area contributed by atoms with E-state index in [1.807, 2.05) is 0 Å². The molecule has 0 bridgehead atoms. The Labute approximate surface area is 99.8 Å². The second-order valence-electron chi connectivity index (χ2n) is 4.13. The molecular formula is C12H13NO3S. The lowest BCUT2D eigenvalue weighted by Gasteiger charge is -2.03. The van der Waals surface area contributed by atoms with Crippen molar-refractivity contribution in [2.45, 2.75) is 11.8 Å². The van der Waals surface area contributed by atoms with E-state index in [1.165, 1.54) is 13.0 Å². The molecule has 0 fully saturated rings. The molecule has 2 aromatic rings. The van der Waals surface area contributed by atoms with E-state index in [0.29, 0.717) is 10.9 Å². The molecule has 0 N–H and O–H groups in total. The predicted octanol–water partition coefficient (Wildman–Crippen LogP) is 1.78. The zero-order chi connectivity index (χ0) is 12.8. The van der Waals surface area contributed by atoms with Gasteiger partial charge in [-0.25, -0.2) is 8.42 Å². The summed E-state index contributed by atoms with van der Waals surface area (Å²) in [7, 11) is -1.55. The van der Waals surface area contributed by atoms with Crippen LogP contribution in [0.1, 0.15) is 17.3 Å². The van der Waals surface area contributed by atoms with Crippen molar-refractivity contribution in [1.29, 1.82) is 0 Å². The van der Waals surface area contributed by atoms with E-state index in [0.717, 1.165) is 11.8 Å². The molecule has 90 valence electrons. The minimum atomic E-state index is -3.34. The molecule has 0 amide bonds. The first-order valence-corrected chi connectivity index (χ1v) is 7.00. The van der Waals surface area contributed by atoms with E-state index in [-0.39, 0.29) is 10.7 Å². The SMILES string of the molecule is CC(=O)c1cn(C)c2cccc(S(C)(=O)=O)c12. The molecule has 0 saturated carbocycles. The number of nitrogens with zero attached hydrogens (tertiary/aromatic N) is 1. The van der Waals surface area contributed by atoms with Gasteiger partial charge in [-0.1, -0.05) is 6.07 Å². The van der Waals surface area contributed by atoms with Gasteiger partial charge >= 0.3 is 0 Å². The highest BCUT2D eigenvalue weighted by Crippen LogP contribution is 2.28. The van der Waals surface area contributed by atoms with E-state index in [9.17, 15) is 13.2 Å². The van der Waals surface area contributed by atoms with Gasteiger partial charge in [0, 0.05) is 36.0 Å². The summed E-state index contributed by atoms with van der Waals surface area (Å²) >= 11 is 0. The smallest absolute Gasteiger partial charge is 0.176 e. The molecule has 0 unspecified atom stereocenters. The fourth-order valence-electron chi connectivity index (χ4n) is 1.99.